The van der Waals surface area contributed by atoms with Crippen LogP contribution in [0.3, 0.4) is 0 Å². The van der Waals surface area contributed by atoms with Gasteiger partial charge in [-0.3, -0.25) is 24.0 Å². The van der Waals surface area contributed by atoms with Gasteiger partial charge in [-0.2, -0.15) is 0 Å². The zero-order chi connectivity index (χ0) is 77.6. The van der Waals surface area contributed by atoms with Gasteiger partial charge in [0.05, 0.1) is 0 Å². The molecule has 0 heterocycles. The molecule has 0 saturated carbocycles. The van der Waals surface area contributed by atoms with E-state index in [0.717, 1.165) is 199 Å². The summed E-state index contributed by atoms with van der Waals surface area (Å²) in [6.45, 7) is 11.0. The molecule has 0 bridgehead atoms. The molecule has 0 aromatic heterocycles. The van der Waals surface area contributed by atoms with Crippen LogP contribution in [0.25, 0.3) is 0 Å². The number of carbonyl (C=O) groups excluding carboxylic acids is 5. The Hall–Kier alpha value is -4.21. The molecule has 107 heavy (non-hydrogen) atoms. The number of hydrogen-bond donors (Lipinski definition) is 0. The summed E-state index contributed by atoms with van der Waals surface area (Å²) in [7, 11) is 0. The summed E-state index contributed by atoms with van der Waals surface area (Å²) in [5, 5.41) is 0. The average Bonchev–Trinajstić information content (AvgIpc) is 1.09. The van der Waals surface area contributed by atoms with Gasteiger partial charge < -0.3 is 23.7 Å². The van der Waals surface area contributed by atoms with Gasteiger partial charge in [-0.25, -0.2) is 0 Å². The van der Waals surface area contributed by atoms with E-state index in [2.05, 4.69) is 108 Å². The van der Waals surface area contributed by atoms with Crippen LogP contribution in [0.15, 0.2) is 72.9 Å². The maximum Gasteiger partial charge on any atom is 0.306 e. The van der Waals surface area contributed by atoms with E-state index in [-0.39, 0.29) is 61.7 Å². The van der Waals surface area contributed by atoms with Gasteiger partial charge in [-0.15, -0.1) is 0 Å². The fraction of sp³-hybridized carbons (Fsp3) is 0.825. The van der Waals surface area contributed by atoms with Gasteiger partial charge in [0.1, 0.15) is 25.4 Å². The highest BCUT2D eigenvalue weighted by Gasteiger charge is 2.20. The predicted octanol–water partition coefficient (Wildman–Crippen LogP) is 30.6. The van der Waals surface area contributed by atoms with Crippen molar-refractivity contribution in [3.05, 3.63) is 72.9 Å². The van der Waals surface area contributed by atoms with Crippen LogP contribution in [-0.2, 0) is 47.7 Å². The highest BCUT2D eigenvalue weighted by atomic mass is 16.6. The highest BCUT2D eigenvalue weighted by Crippen LogP contribution is 2.21. The summed E-state index contributed by atoms with van der Waals surface area (Å²) in [6.07, 6.45) is 103. The third-order valence-corrected chi connectivity index (χ3v) is 20.8. The summed E-state index contributed by atoms with van der Waals surface area (Å²) in [6, 6.07) is 0. The van der Waals surface area contributed by atoms with Crippen molar-refractivity contribution < 1.29 is 47.7 Å². The standard InChI is InChI=1S/C97H174O10/c1-6-11-16-21-24-27-30-33-36-39-42-53-60-67-76-85-95(100)105-90(79-70-19-14-9-4)81-72-63-56-49-45-47-51-58-65-74-83-93(98)103-88-92(107-97(102)87-78-69-62-55-44-41-38-35-32-29-26-23-18-13-8-3)89-104-94(99)84-75-66-59-52-48-46-50-57-64-73-82-91(80-71-20-15-10-5)106-96(101)86-77-68-61-54-43-40-37-34-31-28-25-22-17-12-7-2/h26,29,33-38,63-64,72-73,90-92H,6-25,27-28,30-32,39-62,65-71,74-89H2,1-5H3/b29-26-,36-33-,37-34-,38-35-,72-63+,73-64+. The molecule has 0 N–H and O–H groups in total. The Morgan fingerprint density at radius 1 is 0.206 bits per heavy atom. The van der Waals surface area contributed by atoms with Gasteiger partial charge in [0.2, 0.25) is 0 Å². The first-order valence-corrected chi connectivity index (χ1v) is 46.5. The molecular formula is C97H174O10. The van der Waals surface area contributed by atoms with Crippen LogP contribution >= 0.6 is 0 Å². The van der Waals surface area contributed by atoms with E-state index in [1.165, 1.54) is 218 Å². The van der Waals surface area contributed by atoms with Gasteiger partial charge >= 0.3 is 29.8 Å². The Labute approximate surface area is 662 Å². The Morgan fingerprint density at radius 2 is 0.402 bits per heavy atom. The predicted molar refractivity (Wildman–Crippen MR) is 458 cm³/mol. The molecule has 0 radical (unpaired) electrons. The van der Waals surface area contributed by atoms with Gasteiger partial charge in [0.15, 0.2) is 6.10 Å². The first-order valence-electron chi connectivity index (χ1n) is 46.5. The molecule has 10 nitrogen and oxygen atoms in total. The lowest BCUT2D eigenvalue weighted by atomic mass is 10.0. The van der Waals surface area contributed by atoms with Crippen LogP contribution in [0, 0.1) is 0 Å². The number of unbranched alkanes of at least 4 members (excludes halogenated alkanes) is 50. The maximum atomic E-state index is 13.1. The first kappa shape index (κ1) is 103. The molecule has 0 aromatic rings. The number of ether oxygens (including phenoxy) is 5. The monoisotopic (exact) mass is 1500 g/mol. The number of hydrogen-bond acceptors (Lipinski definition) is 10. The van der Waals surface area contributed by atoms with Gasteiger partial charge in [-0.1, -0.05) is 345 Å². The van der Waals surface area contributed by atoms with Crippen molar-refractivity contribution in [1.82, 2.24) is 0 Å². The number of carbonyl (C=O) groups is 5. The second-order valence-corrected chi connectivity index (χ2v) is 31.5. The molecule has 0 aromatic carbocycles. The van der Waals surface area contributed by atoms with Crippen LogP contribution in [0.5, 0.6) is 0 Å². The molecular weight excluding hydrogens is 1330 g/mol. The smallest absolute Gasteiger partial charge is 0.306 e. The van der Waals surface area contributed by atoms with Crippen LogP contribution in [-0.4, -0.2) is 61.4 Å². The van der Waals surface area contributed by atoms with Crippen molar-refractivity contribution in [3.8, 4) is 0 Å². The minimum absolute atomic E-state index is 0.0248. The molecule has 0 aliphatic heterocycles. The third kappa shape index (κ3) is 82.6. The first-order chi connectivity index (χ1) is 52.7. The summed E-state index contributed by atoms with van der Waals surface area (Å²) in [5.41, 5.74) is 0. The van der Waals surface area contributed by atoms with Crippen LogP contribution in [0.1, 0.15) is 484 Å². The summed E-state index contributed by atoms with van der Waals surface area (Å²) in [5.74, 6) is -1.05. The lowest BCUT2D eigenvalue weighted by molar-refractivity contribution is -0.167. The van der Waals surface area contributed by atoms with Crippen LogP contribution < -0.4 is 0 Å². The maximum absolute atomic E-state index is 13.1. The van der Waals surface area contributed by atoms with E-state index in [0.29, 0.717) is 25.7 Å². The Balaban J connectivity index is 4.76. The van der Waals surface area contributed by atoms with Crippen molar-refractivity contribution >= 4 is 29.8 Å². The topological polar surface area (TPSA) is 132 Å². The van der Waals surface area contributed by atoms with Gasteiger partial charge in [0, 0.05) is 44.9 Å². The molecule has 2 unspecified atom stereocenters. The van der Waals surface area contributed by atoms with Gasteiger partial charge in [-0.05, 0) is 167 Å². The molecule has 2 atom stereocenters. The molecule has 0 fully saturated rings. The van der Waals surface area contributed by atoms with Crippen molar-refractivity contribution in [2.75, 3.05) is 13.2 Å². The quantitative estimate of drug-likeness (QED) is 0.0251. The van der Waals surface area contributed by atoms with E-state index < -0.39 is 6.10 Å². The third-order valence-electron chi connectivity index (χ3n) is 20.8. The number of esters is 5. The Kier molecular flexibility index (Phi) is 83.9. The summed E-state index contributed by atoms with van der Waals surface area (Å²) >= 11 is 0. The second-order valence-electron chi connectivity index (χ2n) is 31.5. The molecule has 0 amide bonds. The Morgan fingerprint density at radius 3 is 0.682 bits per heavy atom. The number of allylic oxidation sites excluding steroid dienone is 10. The van der Waals surface area contributed by atoms with Crippen molar-refractivity contribution in [2.45, 2.75) is 502 Å². The molecule has 0 rings (SSSR count). The molecule has 0 spiro atoms. The molecule has 0 aliphatic carbocycles. The van der Waals surface area contributed by atoms with Crippen molar-refractivity contribution in [1.29, 1.82) is 0 Å². The van der Waals surface area contributed by atoms with E-state index in [1.807, 2.05) is 0 Å². The van der Waals surface area contributed by atoms with Crippen molar-refractivity contribution in [2.24, 2.45) is 0 Å². The van der Waals surface area contributed by atoms with Gasteiger partial charge in [0.25, 0.3) is 0 Å². The zero-order valence-electron chi connectivity index (χ0n) is 71.2. The highest BCUT2D eigenvalue weighted by molar-refractivity contribution is 5.71. The SMILES string of the molecule is CCCCC/C=C\C/C=C\CCCCCCCC(=O)OC(COC(=O)CCCCCCCCC/C=C/CC(CCCCCC)OC(=O)CCCCCCC/C=C\CCCCCCCC)COC(=O)CCCCCCCCC/C=C/CC(CCCCCC)OC(=O)CCCCCCC/C=C\CCCCCCCC. The fourth-order valence-electron chi connectivity index (χ4n) is 13.7. The minimum atomic E-state index is -0.837. The lowest BCUT2D eigenvalue weighted by Gasteiger charge is -2.18. The molecule has 0 saturated heterocycles. The largest absolute Gasteiger partial charge is 0.462 e. The van der Waals surface area contributed by atoms with Crippen LogP contribution in [0.2, 0.25) is 0 Å². The van der Waals surface area contributed by atoms with E-state index >= 15 is 0 Å². The van der Waals surface area contributed by atoms with E-state index in [9.17, 15) is 24.0 Å². The van der Waals surface area contributed by atoms with E-state index in [4.69, 9.17) is 23.7 Å². The Bertz CT molecular complexity index is 1990. The fourth-order valence-corrected chi connectivity index (χ4v) is 13.7. The average molecular weight is 1500 g/mol. The summed E-state index contributed by atoms with van der Waals surface area (Å²) < 4.78 is 29.2. The zero-order valence-corrected chi connectivity index (χ0v) is 71.2. The normalized spacial score (nSPS) is 12.8. The molecule has 0 aliphatic rings. The lowest BCUT2D eigenvalue weighted by Crippen LogP contribution is -2.30. The molecule has 10 heteroatoms. The van der Waals surface area contributed by atoms with Crippen LogP contribution in [0.4, 0.5) is 0 Å². The van der Waals surface area contributed by atoms with E-state index in [1.54, 1.807) is 0 Å². The molecule has 622 valence electrons. The number of rotatable bonds is 85. The minimum Gasteiger partial charge on any atom is -0.462 e. The van der Waals surface area contributed by atoms with Crippen molar-refractivity contribution in [3.63, 3.8) is 0 Å². The second kappa shape index (κ2) is 87.4. The summed E-state index contributed by atoms with van der Waals surface area (Å²) in [4.78, 5) is 64.7.